The predicted molar refractivity (Wildman–Crippen MR) is 144 cm³/mol. The van der Waals surface area contributed by atoms with Crippen LogP contribution in [-0.2, 0) is 11.2 Å². The summed E-state index contributed by atoms with van der Waals surface area (Å²) in [5.74, 6) is 0.333. The third-order valence-corrected chi connectivity index (χ3v) is 7.59. The fraction of sp³-hybridized carbons (Fsp3) is 0.484. The van der Waals surface area contributed by atoms with Gasteiger partial charge in [0, 0.05) is 29.3 Å². The topological polar surface area (TPSA) is 42.0 Å². The molecule has 0 radical (unpaired) electrons. The standard InChI is InChI=1S/C29H35FN2O.C2H6/c1-6-21-22(27-19(5)29(7-2,15-18(3)4)17-32-28(27)33)13-12-20-16-31-26(14-24(20)21)23-10-8-9-11-25(23)30;1-2/h8-11,14,16,18H,6-7,12-13,15,17H2,1-5H3,(H,32,33);1-2H3. The zero-order chi connectivity index (χ0) is 25.8. The number of rotatable bonds is 6. The minimum atomic E-state index is -0.269. The summed E-state index contributed by atoms with van der Waals surface area (Å²) in [5, 5.41) is 3.23. The summed E-state index contributed by atoms with van der Waals surface area (Å²) in [7, 11) is 0. The van der Waals surface area contributed by atoms with Crippen LogP contribution in [0.25, 0.3) is 16.8 Å². The number of carbonyl (C=O) groups is 1. The number of aryl methyl sites for hydroxylation is 1. The van der Waals surface area contributed by atoms with Gasteiger partial charge in [-0.15, -0.1) is 0 Å². The van der Waals surface area contributed by atoms with Gasteiger partial charge in [-0.25, -0.2) is 4.39 Å². The van der Waals surface area contributed by atoms with Gasteiger partial charge in [-0.2, -0.15) is 0 Å². The smallest absolute Gasteiger partial charge is 0.251 e. The summed E-state index contributed by atoms with van der Waals surface area (Å²) < 4.78 is 14.5. The Morgan fingerprint density at radius 3 is 2.46 bits per heavy atom. The van der Waals surface area contributed by atoms with Gasteiger partial charge >= 0.3 is 0 Å². The molecule has 2 aliphatic rings. The fourth-order valence-corrected chi connectivity index (χ4v) is 5.84. The van der Waals surface area contributed by atoms with Crippen molar-refractivity contribution in [1.82, 2.24) is 10.3 Å². The number of nitrogens with zero attached hydrogens (tertiary/aromatic N) is 1. The number of amides is 1. The third kappa shape index (κ3) is 5.12. The van der Waals surface area contributed by atoms with Crippen molar-refractivity contribution in [3.8, 4) is 11.3 Å². The van der Waals surface area contributed by atoms with Crippen LogP contribution in [0.5, 0.6) is 0 Å². The molecule has 0 saturated heterocycles. The van der Waals surface area contributed by atoms with E-state index in [1.165, 1.54) is 22.8 Å². The minimum absolute atomic E-state index is 0.000109. The number of carbonyl (C=O) groups excluding carboxylic acids is 1. The van der Waals surface area contributed by atoms with Crippen molar-refractivity contribution >= 4 is 11.5 Å². The number of nitrogens with one attached hydrogen (secondary N) is 1. The van der Waals surface area contributed by atoms with Crippen LogP contribution in [-0.4, -0.2) is 17.4 Å². The molecule has 2 aromatic rings. The number of fused-ring (bicyclic) bond motifs is 1. The molecule has 1 aromatic heterocycles. The SMILES string of the molecule is CC.CCC1=C(C2=C(C)C(CC)(CC(C)C)CNC2=O)CCc2cnc(-c3ccccc3F)cc21. The second kappa shape index (κ2) is 11.3. The Labute approximate surface area is 210 Å². The van der Waals surface area contributed by atoms with E-state index in [4.69, 9.17) is 0 Å². The van der Waals surface area contributed by atoms with Crippen molar-refractivity contribution in [2.24, 2.45) is 11.3 Å². The molecule has 1 atom stereocenters. The maximum Gasteiger partial charge on any atom is 0.251 e. The van der Waals surface area contributed by atoms with E-state index >= 15 is 0 Å². The van der Waals surface area contributed by atoms with Crippen molar-refractivity contribution in [1.29, 1.82) is 0 Å². The molecule has 1 amide bonds. The fourth-order valence-electron chi connectivity index (χ4n) is 5.84. The highest BCUT2D eigenvalue weighted by molar-refractivity contribution is 6.02. The molecule has 0 spiro atoms. The average molecular weight is 477 g/mol. The van der Waals surface area contributed by atoms with Crippen LogP contribution in [0, 0.1) is 17.2 Å². The lowest BCUT2D eigenvalue weighted by Gasteiger charge is -2.41. The number of hydrogen-bond acceptors (Lipinski definition) is 2. The lowest BCUT2D eigenvalue weighted by atomic mass is 9.67. The van der Waals surface area contributed by atoms with E-state index in [1.807, 2.05) is 32.2 Å². The summed E-state index contributed by atoms with van der Waals surface area (Å²) in [6, 6.07) is 8.79. The first-order valence-corrected chi connectivity index (χ1v) is 13.3. The molecule has 0 saturated carbocycles. The van der Waals surface area contributed by atoms with Crippen molar-refractivity contribution < 1.29 is 9.18 Å². The van der Waals surface area contributed by atoms with Gasteiger partial charge in [0.25, 0.3) is 5.91 Å². The summed E-state index contributed by atoms with van der Waals surface area (Å²) in [6.45, 7) is 15.8. The number of hydrogen-bond donors (Lipinski definition) is 1. The molecule has 35 heavy (non-hydrogen) atoms. The first-order chi connectivity index (χ1) is 16.8. The van der Waals surface area contributed by atoms with Gasteiger partial charge < -0.3 is 5.32 Å². The van der Waals surface area contributed by atoms with Crippen LogP contribution >= 0.6 is 0 Å². The van der Waals surface area contributed by atoms with E-state index in [-0.39, 0.29) is 17.1 Å². The zero-order valence-corrected chi connectivity index (χ0v) is 22.5. The second-order valence-electron chi connectivity index (χ2n) is 9.93. The van der Waals surface area contributed by atoms with E-state index in [0.717, 1.165) is 48.8 Å². The number of allylic oxidation sites excluding steroid dienone is 1. The lowest BCUT2D eigenvalue weighted by Crippen LogP contribution is -2.45. The van der Waals surface area contributed by atoms with Gasteiger partial charge in [0.15, 0.2) is 0 Å². The largest absolute Gasteiger partial charge is 0.351 e. The minimum Gasteiger partial charge on any atom is -0.351 e. The molecule has 0 fully saturated rings. The van der Waals surface area contributed by atoms with Gasteiger partial charge in [-0.05, 0) is 85.4 Å². The van der Waals surface area contributed by atoms with E-state index in [1.54, 1.807) is 12.1 Å². The molecule has 1 aromatic carbocycles. The highest BCUT2D eigenvalue weighted by Crippen LogP contribution is 2.46. The van der Waals surface area contributed by atoms with E-state index in [9.17, 15) is 9.18 Å². The first-order valence-electron chi connectivity index (χ1n) is 13.3. The van der Waals surface area contributed by atoms with Gasteiger partial charge in [0.1, 0.15) is 5.82 Å². The predicted octanol–water partition coefficient (Wildman–Crippen LogP) is 7.91. The maximum absolute atomic E-state index is 14.5. The Morgan fingerprint density at radius 2 is 1.83 bits per heavy atom. The molecule has 0 bridgehead atoms. The third-order valence-electron chi connectivity index (χ3n) is 7.59. The molecule has 1 N–H and O–H groups in total. The Balaban J connectivity index is 0.00000167. The molecule has 2 heterocycles. The van der Waals surface area contributed by atoms with Gasteiger partial charge in [-0.1, -0.05) is 59.2 Å². The van der Waals surface area contributed by atoms with Crippen molar-refractivity contribution in [2.75, 3.05) is 6.54 Å². The zero-order valence-electron chi connectivity index (χ0n) is 22.5. The molecular formula is C31H41FN2O. The summed E-state index contributed by atoms with van der Waals surface area (Å²) >= 11 is 0. The van der Waals surface area contributed by atoms with Crippen LogP contribution in [0.4, 0.5) is 4.39 Å². The average Bonchev–Trinajstić information content (AvgIpc) is 2.86. The van der Waals surface area contributed by atoms with Crippen LogP contribution in [0.15, 0.2) is 53.2 Å². The molecule has 188 valence electrons. The summed E-state index contributed by atoms with van der Waals surface area (Å²) in [4.78, 5) is 17.8. The van der Waals surface area contributed by atoms with Crippen LogP contribution < -0.4 is 5.32 Å². The highest BCUT2D eigenvalue weighted by Gasteiger charge is 2.40. The van der Waals surface area contributed by atoms with E-state index in [0.29, 0.717) is 23.7 Å². The first kappa shape index (κ1) is 26.8. The Kier molecular flexibility index (Phi) is 8.69. The monoisotopic (exact) mass is 476 g/mol. The normalized spacial score (nSPS) is 19.9. The summed E-state index contributed by atoms with van der Waals surface area (Å²) in [6.07, 6.45) is 6.45. The molecular weight excluding hydrogens is 435 g/mol. The van der Waals surface area contributed by atoms with Crippen molar-refractivity contribution in [2.45, 2.75) is 80.6 Å². The van der Waals surface area contributed by atoms with Crippen LogP contribution in [0.3, 0.4) is 0 Å². The van der Waals surface area contributed by atoms with Gasteiger partial charge in [0.05, 0.1) is 5.69 Å². The van der Waals surface area contributed by atoms with Crippen molar-refractivity contribution in [3.63, 3.8) is 0 Å². The Bertz CT molecular complexity index is 1140. The Hall–Kier alpha value is -2.75. The number of pyridine rings is 1. The van der Waals surface area contributed by atoms with Gasteiger partial charge in [0.2, 0.25) is 0 Å². The second-order valence-corrected chi connectivity index (χ2v) is 9.93. The van der Waals surface area contributed by atoms with Crippen LogP contribution in [0.1, 0.15) is 85.3 Å². The molecule has 1 aliphatic carbocycles. The number of aromatic nitrogens is 1. The molecule has 3 nitrogen and oxygen atoms in total. The molecule has 4 rings (SSSR count). The Morgan fingerprint density at radius 1 is 1.11 bits per heavy atom. The molecule has 4 heteroatoms. The molecule has 1 aliphatic heterocycles. The van der Waals surface area contributed by atoms with E-state index in [2.05, 4.69) is 44.9 Å². The summed E-state index contributed by atoms with van der Waals surface area (Å²) in [5.41, 5.74) is 7.90. The maximum atomic E-state index is 14.5. The van der Waals surface area contributed by atoms with Crippen molar-refractivity contribution in [3.05, 3.63) is 70.2 Å². The van der Waals surface area contributed by atoms with E-state index < -0.39 is 0 Å². The highest BCUT2D eigenvalue weighted by atomic mass is 19.1. The van der Waals surface area contributed by atoms with Gasteiger partial charge in [-0.3, -0.25) is 9.78 Å². The quantitative estimate of drug-likeness (QED) is 0.460. The number of benzene rings is 1. The lowest BCUT2D eigenvalue weighted by molar-refractivity contribution is -0.118. The number of halogens is 1. The molecule has 1 unspecified atom stereocenters. The van der Waals surface area contributed by atoms with Crippen LogP contribution in [0.2, 0.25) is 0 Å².